The van der Waals surface area contributed by atoms with Crippen LogP contribution in [0.3, 0.4) is 0 Å². The zero-order valence-corrected chi connectivity index (χ0v) is 12.5. The lowest BCUT2D eigenvalue weighted by Gasteiger charge is -2.08. The van der Waals surface area contributed by atoms with E-state index in [9.17, 15) is 13.2 Å². The van der Waals surface area contributed by atoms with Gasteiger partial charge in [0.2, 0.25) is 5.91 Å². The number of hydrogen-bond donors (Lipinski definition) is 2. The van der Waals surface area contributed by atoms with Gasteiger partial charge in [-0.15, -0.1) is 4.83 Å². The van der Waals surface area contributed by atoms with E-state index in [4.69, 9.17) is 11.6 Å². The van der Waals surface area contributed by atoms with Crippen LogP contribution in [0.1, 0.15) is 5.56 Å². The number of hydrazine groups is 1. The predicted molar refractivity (Wildman–Crippen MR) is 80.1 cm³/mol. The maximum Gasteiger partial charge on any atom is 0.257 e. The highest BCUT2D eigenvalue weighted by atomic mass is 35.5. The maximum absolute atomic E-state index is 11.9. The van der Waals surface area contributed by atoms with E-state index in [0.29, 0.717) is 5.02 Å². The molecule has 2 rings (SSSR count). The Kier molecular flexibility index (Phi) is 4.95. The van der Waals surface area contributed by atoms with Crippen LogP contribution in [0, 0.1) is 0 Å². The third-order valence-corrected chi connectivity index (χ3v) is 4.17. The van der Waals surface area contributed by atoms with E-state index in [1.807, 2.05) is 10.9 Å². The van der Waals surface area contributed by atoms with Crippen molar-refractivity contribution in [3.8, 4) is 0 Å². The van der Waals surface area contributed by atoms with Crippen molar-refractivity contribution in [2.75, 3.05) is 0 Å². The molecule has 0 radical (unpaired) electrons. The molecule has 0 fully saturated rings. The minimum atomic E-state index is -3.80. The van der Waals surface area contributed by atoms with Gasteiger partial charge < -0.3 is 0 Å². The number of benzene rings is 2. The molecule has 2 N–H and O–H groups in total. The van der Waals surface area contributed by atoms with Crippen molar-refractivity contribution in [1.29, 1.82) is 0 Å². The summed E-state index contributed by atoms with van der Waals surface area (Å²) in [5, 5.41) is 0.432. The van der Waals surface area contributed by atoms with Gasteiger partial charge in [0, 0.05) is 5.02 Å². The third-order valence-electron chi connectivity index (χ3n) is 2.66. The Morgan fingerprint density at radius 1 is 1.00 bits per heavy atom. The highest BCUT2D eigenvalue weighted by Gasteiger charge is 2.14. The molecule has 1 amide bonds. The normalized spacial score (nSPS) is 11.1. The topological polar surface area (TPSA) is 75.3 Å². The van der Waals surface area contributed by atoms with Gasteiger partial charge >= 0.3 is 0 Å². The molecule has 0 saturated carbocycles. The molecule has 0 heterocycles. The first kappa shape index (κ1) is 15.5. The average Bonchev–Trinajstić information content (AvgIpc) is 2.47. The molecule has 0 aliphatic rings. The van der Waals surface area contributed by atoms with E-state index >= 15 is 0 Å². The van der Waals surface area contributed by atoms with E-state index in [-0.39, 0.29) is 11.3 Å². The molecule has 2 aromatic rings. The first-order valence-electron chi connectivity index (χ1n) is 6.07. The molecular formula is C14H13ClN2O3S. The summed E-state index contributed by atoms with van der Waals surface area (Å²) in [5.74, 6) is -0.446. The van der Waals surface area contributed by atoms with Gasteiger partial charge in [-0.25, -0.2) is 8.42 Å². The lowest BCUT2D eigenvalue weighted by Crippen LogP contribution is -2.42. The molecule has 0 atom stereocenters. The summed E-state index contributed by atoms with van der Waals surface area (Å²) in [4.78, 5) is 13.8. The first-order chi connectivity index (χ1) is 9.97. The van der Waals surface area contributed by atoms with Crippen LogP contribution >= 0.6 is 11.6 Å². The number of sulfonamides is 1. The maximum atomic E-state index is 11.9. The van der Waals surface area contributed by atoms with Crippen LogP contribution in [-0.4, -0.2) is 14.3 Å². The lowest BCUT2D eigenvalue weighted by atomic mass is 10.1. The smallest absolute Gasteiger partial charge is 0.257 e. The van der Waals surface area contributed by atoms with Gasteiger partial charge in [0.25, 0.3) is 10.0 Å². The van der Waals surface area contributed by atoms with Crippen LogP contribution in [-0.2, 0) is 21.2 Å². The Labute approximate surface area is 128 Å². The summed E-state index contributed by atoms with van der Waals surface area (Å²) < 4.78 is 23.9. The van der Waals surface area contributed by atoms with E-state index in [2.05, 4.69) is 5.43 Å². The quantitative estimate of drug-likeness (QED) is 0.825. The molecule has 2 aromatic carbocycles. The van der Waals surface area contributed by atoms with Gasteiger partial charge in [0.1, 0.15) is 0 Å². The summed E-state index contributed by atoms with van der Waals surface area (Å²) in [6, 6.07) is 14.7. The van der Waals surface area contributed by atoms with Crippen molar-refractivity contribution in [3.05, 3.63) is 65.2 Å². The zero-order valence-electron chi connectivity index (χ0n) is 10.9. The molecule has 0 aliphatic heterocycles. The number of carbonyl (C=O) groups excluding carboxylic acids is 1. The highest BCUT2D eigenvalue weighted by molar-refractivity contribution is 7.89. The molecule has 0 spiro atoms. The van der Waals surface area contributed by atoms with Gasteiger partial charge in [-0.1, -0.05) is 41.9 Å². The van der Waals surface area contributed by atoms with Crippen molar-refractivity contribution < 1.29 is 13.2 Å². The molecule has 0 saturated heterocycles. The second kappa shape index (κ2) is 6.71. The fraction of sp³-hybridized carbons (Fsp3) is 0.0714. The fourth-order valence-electron chi connectivity index (χ4n) is 1.62. The lowest BCUT2D eigenvalue weighted by molar-refractivity contribution is -0.120. The standard InChI is InChI=1S/C14H13ClN2O3S/c15-12-6-8-13(9-7-12)21(19,20)17-16-14(18)10-11-4-2-1-3-5-11/h1-9,17H,10H2,(H,16,18). The van der Waals surface area contributed by atoms with E-state index in [1.54, 1.807) is 24.3 Å². The predicted octanol–water partition coefficient (Wildman–Crippen LogP) is 1.89. The van der Waals surface area contributed by atoms with Crippen LogP contribution in [0.4, 0.5) is 0 Å². The van der Waals surface area contributed by atoms with Crippen LogP contribution in [0.5, 0.6) is 0 Å². The largest absolute Gasteiger partial charge is 0.277 e. The fourth-order valence-corrected chi connectivity index (χ4v) is 2.61. The Bertz CT molecular complexity index is 716. The molecular weight excluding hydrogens is 312 g/mol. The summed E-state index contributed by atoms with van der Waals surface area (Å²) in [6.07, 6.45) is 0.0873. The first-order valence-corrected chi connectivity index (χ1v) is 7.93. The molecule has 21 heavy (non-hydrogen) atoms. The van der Waals surface area contributed by atoms with Gasteiger partial charge in [-0.3, -0.25) is 10.2 Å². The number of halogens is 1. The number of amides is 1. The zero-order chi connectivity index (χ0) is 15.3. The van der Waals surface area contributed by atoms with Gasteiger partial charge in [-0.05, 0) is 29.8 Å². The highest BCUT2D eigenvalue weighted by Crippen LogP contribution is 2.13. The number of hydrogen-bond acceptors (Lipinski definition) is 3. The van der Waals surface area contributed by atoms with E-state index in [1.165, 1.54) is 24.3 Å². The Hall–Kier alpha value is -1.89. The van der Waals surface area contributed by atoms with Crippen molar-refractivity contribution in [2.45, 2.75) is 11.3 Å². The second-order valence-corrected chi connectivity index (χ2v) is 6.39. The second-order valence-electron chi connectivity index (χ2n) is 4.27. The number of rotatable bonds is 5. The SMILES string of the molecule is O=C(Cc1ccccc1)NNS(=O)(=O)c1ccc(Cl)cc1. The van der Waals surface area contributed by atoms with Gasteiger partial charge in [0.05, 0.1) is 11.3 Å². The summed E-state index contributed by atoms with van der Waals surface area (Å²) in [5.41, 5.74) is 2.97. The van der Waals surface area contributed by atoms with E-state index in [0.717, 1.165) is 5.56 Å². The molecule has 7 heteroatoms. The Morgan fingerprint density at radius 2 is 1.62 bits per heavy atom. The van der Waals surface area contributed by atoms with Crippen molar-refractivity contribution >= 4 is 27.5 Å². The monoisotopic (exact) mass is 324 g/mol. The van der Waals surface area contributed by atoms with Crippen molar-refractivity contribution in [2.24, 2.45) is 0 Å². The molecule has 0 bridgehead atoms. The molecule has 0 aliphatic carbocycles. The molecule has 110 valence electrons. The number of carbonyl (C=O) groups is 1. The van der Waals surface area contributed by atoms with Crippen LogP contribution in [0.25, 0.3) is 0 Å². The van der Waals surface area contributed by atoms with Gasteiger partial charge in [0.15, 0.2) is 0 Å². The van der Waals surface area contributed by atoms with E-state index < -0.39 is 15.9 Å². The molecule has 0 unspecified atom stereocenters. The Morgan fingerprint density at radius 3 is 2.24 bits per heavy atom. The summed E-state index contributed by atoms with van der Waals surface area (Å²) >= 11 is 5.69. The molecule has 5 nitrogen and oxygen atoms in total. The van der Waals surface area contributed by atoms with Crippen LogP contribution in [0.15, 0.2) is 59.5 Å². The van der Waals surface area contributed by atoms with Crippen LogP contribution in [0.2, 0.25) is 5.02 Å². The third kappa shape index (κ3) is 4.56. The van der Waals surface area contributed by atoms with Crippen molar-refractivity contribution in [3.63, 3.8) is 0 Å². The van der Waals surface area contributed by atoms with Crippen LogP contribution < -0.4 is 10.3 Å². The molecule has 0 aromatic heterocycles. The Balaban J connectivity index is 1.95. The summed E-state index contributed by atoms with van der Waals surface area (Å²) in [7, 11) is -3.80. The van der Waals surface area contributed by atoms with Crippen molar-refractivity contribution in [1.82, 2.24) is 10.3 Å². The van der Waals surface area contributed by atoms with Gasteiger partial charge in [-0.2, -0.15) is 0 Å². The minimum Gasteiger partial charge on any atom is -0.277 e. The average molecular weight is 325 g/mol. The summed E-state index contributed by atoms with van der Waals surface area (Å²) in [6.45, 7) is 0. The minimum absolute atomic E-state index is 0.0203. The number of nitrogens with one attached hydrogen (secondary N) is 2.